The molecule has 0 heterocycles. The fourth-order valence-electron chi connectivity index (χ4n) is 0.516. The van der Waals surface area contributed by atoms with Crippen LogP contribution in [0.3, 0.4) is 0 Å². The van der Waals surface area contributed by atoms with E-state index in [1.807, 2.05) is 0 Å². The molecule has 0 saturated heterocycles. The molecule has 1 atom stereocenters. The first-order chi connectivity index (χ1) is 4.70. The first kappa shape index (κ1) is 9.19. The van der Waals surface area contributed by atoms with Gasteiger partial charge in [0.15, 0.2) is 0 Å². The summed E-state index contributed by atoms with van der Waals surface area (Å²) in [5.41, 5.74) is 0. The van der Waals surface area contributed by atoms with Crippen molar-refractivity contribution in [3.63, 3.8) is 0 Å². The zero-order valence-corrected chi connectivity index (χ0v) is 5.70. The third kappa shape index (κ3) is 4.11. The van der Waals surface area contributed by atoms with E-state index in [1.54, 1.807) is 0 Å². The van der Waals surface area contributed by atoms with Crippen molar-refractivity contribution < 1.29 is 19.7 Å². The van der Waals surface area contributed by atoms with Gasteiger partial charge >= 0.3 is 6.09 Å². The van der Waals surface area contributed by atoms with Crippen LogP contribution in [0.1, 0.15) is 0 Å². The number of hydrogen-bond donors (Lipinski definition) is 3. The minimum atomic E-state index is -1.16. The van der Waals surface area contributed by atoms with Crippen molar-refractivity contribution in [1.82, 2.24) is 5.32 Å². The number of carbonyl (C=O) groups is 1. The summed E-state index contributed by atoms with van der Waals surface area (Å²) in [6.45, 7) is -0.0665. The molecule has 0 bridgehead atoms. The predicted molar refractivity (Wildman–Crippen MR) is 33.9 cm³/mol. The Labute approximate surface area is 58.6 Å². The van der Waals surface area contributed by atoms with Gasteiger partial charge < -0.3 is 20.3 Å². The average Bonchev–Trinajstić information content (AvgIpc) is 1.86. The summed E-state index contributed by atoms with van der Waals surface area (Å²) in [5, 5.41) is 18.7. The lowest BCUT2D eigenvalue weighted by Crippen LogP contribution is -2.39. The van der Waals surface area contributed by atoms with Crippen molar-refractivity contribution in [3.05, 3.63) is 0 Å². The Morgan fingerprint density at radius 2 is 2.40 bits per heavy atom. The number of amides is 1. The molecule has 0 aliphatic heterocycles. The molecule has 0 fully saturated rings. The van der Waals surface area contributed by atoms with Crippen LogP contribution in [0.4, 0.5) is 4.79 Å². The minimum absolute atomic E-state index is 0.183. The summed E-state index contributed by atoms with van der Waals surface area (Å²) in [6, 6.07) is -0.525. The molecule has 0 aliphatic rings. The molecule has 0 aromatic rings. The molecule has 5 heteroatoms. The van der Waals surface area contributed by atoms with Crippen molar-refractivity contribution in [1.29, 1.82) is 0 Å². The van der Waals surface area contributed by atoms with Gasteiger partial charge in [-0.15, -0.1) is 0 Å². The number of methoxy groups -OCH3 is 1. The SMILES string of the molecule is COC[C@H](CO)NC(=O)O. The number of aliphatic hydroxyl groups is 1. The van der Waals surface area contributed by atoms with E-state index in [2.05, 4.69) is 10.1 Å². The van der Waals surface area contributed by atoms with E-state index in [4.69, 9.17) is 10.2 Å². The number of nitrogens with one attached hydrogen (secondary N) is 1. The molecule has 3 N–H and O–H groups in total. The largest absolute Gasteiger partial charge is 0.465 e. The molecule has 0 unspecified atom stereocenters. The predicted octanol–water partition coefficient (Wildman–Crippen LogP) is -0.739. The second-order valence-corrected chi connectivity index (χ2v) is 1.78. The second kappa shape index (κ2) is 5.01. The van der Waals surface area contributed by atoms with Crippen LogP contribution in [0.15, 0.2) is 0 Å². The third-order valence-electron chi connectivity index (χ3n) is 0.916. The van der Waals surface area contributed by atoms with Gasteiger partial charge in [0, 0.05) is 7.11 Å². The lowest BCUT2D eigenvalue weighted by Gasteiger charge is -2.11. The molecule has 0 aromatic heterocycles. The first-order valence-electron chi connectivity index (χ1n) is 2.80. The van der Waals surface area contributed by atoms with Crippen LogP contribution in [0.25, 0.3) is 0 Å². The van der Waals surface area contributed by atoms with Crippen molar-refractivity contribution in [2.45, 2.75) is 6.04 Å². The minimum Gasteiger partial charge on any atom is -0.465 e. The Morgan fingerprint density at radius 3 is 2.70 bits per heavy atom. The summed E-state index contributed by atoms with van der Waals surface area (Å²) < 4.78 is 4.61. The smallest absolute Gasteiger partial charge is 0.405 e. The van der Waals surface area contributed by atoms with Gasteiger partial charge in [-0.1, -0.05) is 0 Å². The number of rotatable bonds is 4. The van der Waals surface area contributed by atoms with Crippen molar-refractivity contribution >= 4 is 6.09 Å². The topological polar surface area (TPSA) is 78.8 Å². The standard InChI is InChI=1S/C5H11NO4/c1-10-3-4(2-7)6-5(8)9/h4,6-7H,2-3H2,1H3,(H,8,9)/t4-/m0/s1. The third-order valence-corrected chi connectivity index (χ3v) is 0.916. The van der Waals surface area contributed by atoms with Crippen molar-refractivity contribution in [3.8, 4) is 0 Å². The fourth-order valence-corrected chi connectivity index (χ4v) is 0.516. The van der Waals surface area contributed by atoms with E-state index in [1.165, 1.54) is 7.11 Å². The normalized spacial score (nSPS) is 12.6. The van der Waals surface area contributed by atoms with E-state index in [0.717, 1.165) is 0 Å². The van der Waals surface area contributed by atoms with Crippen LogP contribution < -0.4 is 5.32 Å². The molecule has 1 amide bonds. The Hall–Kier alpha value is -0.810. The van der Waals surface area contributed by atoms with Crippen LogP contribution in [0, 0.1) is 0 Å². The molecule has 0 aromatic carbocycles. The maximum absolute atomic E-state index is 9.97. The molecular formula is C5H11NO4. The van der Waals surface area contributed by atoms with E-state index in [-0.39, 0.29) is 13.2 Å². The lowest BCUT2D eigenvalue weighted by atomic mass is 10.3. The Kier molecular flexibility index (Phi) is 4.61. The Balaban J connectivity index is 3.49. The molecule has 0 rings (SSSR count). The maximum atomic E-state index is 9.97. The number of ether oxygens (including phenoxy) is 1. The van der Waals surface area contributed by atoms with E-state index >= 15 is 0 Å². The van der Waals surface area contributed by atoms with E-state index in [0.29, 0.717) is 0 Å². The van der Waals surface area contributed by atoms with Gasteiger partial charge in [-0.25, -0.2) is 4.79 Å². The quantitative estimate of drug-likeness (QED) is 0.492. The molecule has 10 heavy (non-hydrogen) atoms. The summed E-state index contributed by atoms with van der Waals surface area (Å²) in [6.07, 6.45) is -1.16. The maximum Gasteiger partial charge on any atom is 0.405 e. The van der Waals surface area contributed by atoms with Gasteiger partial charge in [0.1, 0.15) is 0 Å². The molecule has 0 aliphatic carbocycles. The van der Waals surface area contributed by atoms with Gasteiger partial charge in [0.25, 0.3) is 0 Å². The molecular weight excluding hydrogens is 138 g/mol. The highest BCUT2D eigenvalue weighted by molar-refractivity contribution is 5.64. The van der Waals surface area contributed by atoms with Gasteiger partial charge in [-0.3, -0.25) is 0 Å². The van der Waals surface area contributed by atoms with Gasteiger partial charge in [-0.05, 0) is 0 Å². The van der Waals surface area contributed by atoms with Crippen molar-refractivity contribution in [2.75, 3.05) is 20.3 Å². The summed E-state index contributed by atoms with van der Waals surface area (Å²) in [7, 11) is 1.44. The Bertz CT molecular complexity index is 106. The molecule has 0 spiro atoms. The zero-order valence-electron chi connectivity index (χ0n) is 5.70. The molecule has 60 valence electrons. The van der Waals surface area contributed by atoms with Crippen molar-refractivity contribution in [2.24, 2.45) is 0 Å². The highest BCUT2D eigenvalue weighted by atomic mass is 16.5. The number of hydrogen-bond acceptors (Lipinski definition) is 3. The van der Waals surface area contributed by atoms with E-state index < -0.39 is 12.1 Å². The molecule has 0 saturated carbocycles. The Morgan fingerprint density at radius 1 is 1.80 bits per heavy atom. The summed E-state index contributed by atoms with van der Waals surface area (Å²) >= 11 is 0. The monoisotopic (exact) mass is 149 g/mol. The highest BCUT2D eigenvalue weighted by Gasteiger charge is 2.08. The first-order valence-corrected chi connectivity index (χ1v) is 2.80. The van der Waals surface area contributed by atoms with Crippen LogP contribution in [-0.2, 0) is 4.74 Å². The lowest BCUT2D eigenvalue weighted by molar-refractivity contribution is 0.121. The van der Waals surface area contributed by atoms with Gasteiger partial charge in [0.2, 0.25) is 0 Å². The van der Waals surface area contributed by atoms with Crippen LogP contribution >= 0.6 is 0 Å². The van der Waals surface area contributed by atoms with Crippen LogP contribution in [0.5, 0.6) is 0 Å². The van der Waals surface area contributed by atoms with Gasteiger partial charge in [-0.2, -0.15) is 0 Å². The zero-order chi connectivity index (χ0) is 7.98. The summed E-state index contributed by atoms with van der Waals surface area (Å²) in [4.78, 5) is 9.97. The van der Waals surface area contributed by atoms with Crippen LogP contribution in [0.2, 0.25) is 0 Å². The van der Waals surface area contributed by atoms with E-state index in [9.17, 15) is 4.79 Å². The molecule has 0 radical (unpaired) electrons. The second-order valence-electron chi connectivity index (χ2n) is 1.78. The van der Waals surface area contributed by atoms with Gasteiger partial charge in [0.05, 0.1) is 19.3 Å². The summed E-state index contributed by atoms with van der Waals surface area (Å²) in [5.74, 6) is 0. The average molecular weight is 149 g/mol. The number of aliphatic hydroxyl groups excluding tert-OH is 1. The van der Waals surface area contributed by atoms with Crippen LogP contribution in [-0.4, -0.2) is 42.7 Å². The fraction of sp³-hybridized carbons (Fsp3) is 0.800. The number of carboxylic acid groups (broad SMARTS) is 1. The molecule has 5 nitrogen and oxygen atoms in total. The highest BCUT2D eigenvalue weighted by Crippen LogP contribution is 1.81.